The predicted octanol–water partition coefficient (Wildman–Crippen LogP) is 2.90. The summed E-state index contributed by atoms with van der Waals surface area (Å²) in [6.07, 6.45) is 0. The van der Waals surface area contributed by atoms with Crippen LogP contribution in [-0.4, -0.2) is 22.1 Å². The van der Waals surface area contributed by atoms with Gasteiger partial charge in [-0.05, 0) is 24.3 Å². The number of anilines is 1. The van der Waals surface area contributed by atoms with Gasteiger partial charge in [-0.2, -0.15) is 0 Å². The average Bonchev–Trinajstić information content (AvgIpc) is 2.50. The molecule has 0 aromatic heterocycles. The summed E-state index contributed by atoms with van der Waals surface area (Å²) in [6, 6.07) is 4.63. The van der Waals surface area contributed by atoms with Gasteiger partial charge in [-0.25, -0.2) is 22.4 Å². The highest BCUT2D eigenvalue weighted by atomic mass is 19.2. The van der Waals surface area contributed by atoms with Gasteiger partial charge in [0.25, 0.3) is 5.91 Å². The second kappa shape index (κ2) is 5.95. The van der Waals surface area contributed by atoms with Crippen molar-refractivity contribution in [3.05, 3.63) is 58.7 Å². The zero-order valence-electron chi connectivity index (χ0n) is 11.0. The maximum atomic E-state index is 13.7. The number of phenols is 1. The molecule has 0 saturated carbocycles. The third-order valence-corrected chi connectivity index (χ3v) is 2.83. The first-order valence-electron chi connectivity index (χ1n) is 5.93. The molecule has 0 atom stereocenters. The third-order valence-electron chi connectivity index (χ3n) is 2.83. The monoisotopic (exact) mass is 329 g/mol. The SMILES string of the molecule is O=C(O)c1c(F)c(F)c(F)c(F)c1C(=O)Nc1ccc(O)cc1. The highest BCUT2D eigenvalue weighted by Crippen LogP contribution is 2.25. The van der Waals surface area contributed by atoms with E-state index in [0.29, 0.717) is 0 Å². The number of carbonyl (C=O) groups excluding carboxylic acids is 1. The lowest BCUT2D eigenvalue weighted by Crippen LogP contribution is -2.22. The molecule has 0 unspecified atom stereocenters. The van der Waals surface area contributed by atoms with Gasteiger partial charge in [-0.15, -0.1) is 0 Å². The molecule has 0 radical (unpaired) electrons. The smallest absolute Gasteiger partial charge is 0.339 e. The van der Waals surface area contributed by atoms with Crippen LogP contribution in [0.5, 0.6) is 5.75 Å². The van der Waals surface area contributed by atoms with Crippen LogP contribution >= 0.6 is 0 Å². The van der Waals surface area contributed by atoms with Crippen molar-refractivity contribution >= 4 is 17.6 Å². The Kier molecular flexibility index (Phi) is 4.21. The van der Waals surface area contributed by atoms with Gasteiger partial charge in [-0.1, -0.05) is 0 Å². The largest absolute Gasteiger partial charge is 0.508 e. The van der Waals surface area contributed by atoms with E-state index in [0.717, 1.165) is 12.1 Å². The van der Waals surface area contributed by atoms with E-state index in [1.54, 1.807) is 0 Å². The van der Waals surface area contributed by atoms with E-state index in [4.69, 9.17) is 10.2 Å². The Morgan fingerprint density at radius 2 is 1.30 bits per heavy atom. The lowest BCUT2D eigenvalue weighted by atomic mass is 10.0. The lowest BCUT2D eigenvalue weighted by molar-refractivity contribution is 0.0684. The van der Waals surface area contributed by atoms with E-state index in [-0.39, 0.29) is 11.4 Å². The minimum Gasteiger partial charge on any atom is -0.508 e. The van der Waals surface area contributed by atoms with Crippen LogP contribution in [0.4, 0.5) is 23.2 Å². The molecule has 0 heterocycles. The third kappa shape index (κ3) is 2.93. The van der Waals surface area contributed by atoms with Crippen LogP contribution in [0.15, 0.2) is 24.3 Å². The molecule has 0 saturated heterocycles. The van der Waals surface area contributed by atoms with Crippen molar-refractivity contribution in [2.24, 2.45) is 0 Å². The van der Waals surface area contributed by atoms with Crippen molar-refractivity contribution in [2.75, 3.05) is 5.32 Å². The summed E-state index contributed by atoms with van der Waals surface area (Å²) in [6.45, 7) is 0. The van der Waals surface area contributed by atoms with Crippen molar-refractivity contribution in [1.29, 1.82) is 0 Å². The fourth-order valence-corrected chi connectivity index (χ4v) is 1.78. The topological polar surface area (TPSA) is 86.6 Å². The van der Waals surface area contributed by atoms with Crippen molar-refractivity contribution in [1.82, 2.24) is 0 Å². The number of carbonyl (C=O) groups is 2. The van der Waals surface area contributed by atoms with E-state index in [9.17, 15) is 27.2 Å². The van der Waals surface area contributed by atoms with Gasteiger partial charge >= 0.3 is 5.97 Å². The number of phenolic OH excluding ortho intramolecular Hbond substituents is 1. The predicted molar refractivity (Wildman–Crippen MR) is 69.3 cm³/mol. The first-order valence-corrected chi connectivity index (χ1v) is 5.93. The summed E-state index contributed by atoms with van der Waals surface area (Å²) in [5.41, 5.74) is -3.13. The van der Waals surface area contributed by atoms with Crippen LogP contribution in [0, 0.1) is 23.3 Å². The van der Waals surface area contributed by atoms with Gasteiger partial charge in [0.05, 0.1) is 5.56 Å². The van der Waals surface area contributed by atoms with Gasteiger partial charge in [0.15, 0.2) is 23.3 Å². The Morgan fingerprint density at radius 1 is 0.826 bits per heavy atom. The number of carboxylic acids is 1. The van der Waals surface area contributed by atoms with Crippen molar-refractivity contribution < 1.29 is 37.4 Å². The quantitative estimate of drug-likeness (QED) is 0.350. The van der Waals surface area contributed by atoms with Gasteiger partial charge in [0.1, 0.15) is 11.3 Å². The highest BCUT2D eigenvalue weighted by molar-refractivity contribution is 6.11. The van der Waals surface area contributed by atoms with Crippen LogP contribution < -0.4 is 5.32 Å². The van der Waals surface area contributed by atoms with Gasteiger partial charge in [-0.3, -0.25) is 4.79 Å². The maximum Gasteiger partial charge on any atom is 0.339 e. The molecule has 23 heavy (non-hydrogen) atoms. The first-order chi connectivity index (χ1) is 10.7. The minimum absolute atomic E-state index is 0.0197. The van der Waals surface area contributed by atoms with E-state index in [2.05, 4.69) is 0 Å². The van der Waals surface area contributed by atoms with Crippen LogP contribution in [0.2, 0.25) is 0 Å². The number of aromatic hydroxyl groups is 1. The van der Waals surface area contributed by atoms with Gasteiger partial charge < -0.3 is 15.5 Å². The van der Waals surface area contributed by atoms with E-state index in [1.165, 1.54) is 12.1 Å². The molecular weight excluding hydrogens is 322 g/mol. The molecule has 2 rings (SSSR count). The second-order valence-corrected chi connectivity index (χ2v) is 4.31. The zero-order chi connectivity index (χ0) is 17.3. The number of hydrogen-bond acceptors (Lipinski definition) is 3. The first kappa shape index (κ1) is 16.3. The summed E-state index contributed by atoms with van der Waals surface area (Å²) in [4.78, 5) is 22.9. The molecule has 9 heteroatoms. The molecule has 5 nitrogen and oxygen atoms in total. The maximum absolute atomic E-state index is 13.7. The standard InChI is InChI=1S/C14H7F4NO4/c15-9-7(8(14(22)23)10(16)12(18)11(9)17)13(21)19-5-1-3-6(20)4-2-5/h1-4,20H,(H,19,21)(H,22,23). The summed E-state index contributed by atoms with van der Waals surface area (Å²) >= 11 is 0. The summed E-state index contributed by atoms with van der Waals surface area (Å²) in [5, 5.41) is 19.9. The number of hydrogen-bond donors (Lipinski definition) is 3. The van der Waals surface area contributed by atoms with Crippen LogP contribution in [0.3, 0.4) is 0 Å². The number of halogens is 4. The van der Waals surface area contributed by atoms with E-state index < -0.39 is 46.3 Å². The van der Waals surface area contributed by atoms with Gasteiger partial charge in [0, 0.05) is 5.69 Å². The molecule has 2 aromatic rings. The number of amides is 1. The lowest BCUT2D eigenvalue weighted by Gasteiger charge is -2.11. The molecule has 0 spiro atoms. The number of benzene rings is 2. The average molecular weight is 329 g/mol. The molecular formula is C14H7F4NO4. The molecule has 1 amide bonds. The Morgan fingerprint density at radius 3 is 1.78 bits per heavy atom. The number of rotatable bonds is 3. The highest BCUT2D eigenvalue weighted by Gasteiger charge is 2.32. The molecule has 2 aromatic carbocycles. The Labute approximate surface area is 125 Å². The van der Waals surface area contributed by atoms with Gasteiger partial charge in [0.2, 0.25) is 0 Å². The number of carboxylic acid groups (broad SMARTS) is 1. The van der Waals surface area contributed by atoms with Crippen molar-refractivity contribution in [3.63, 3.8) is 0 Å². The molecule has 0 fully saturated rings. The van der Waals surface area contributed by atoms with Crippen LogP contribution in [0.25, 0.3) is 0 Å². The Hall–Kier alpha value is -3.10. The molecule has 120 valence electrons. The summed E-state index contributed by atoms with van der Waals surface area (Å²) in [7, 11) is 0. The molecule has 0 aliphatic heterocycles. The molecule has 0 aliphatic carbocycles. The van der Waals surface area contributed by atoms with E-state index >= 15 is 0 Å². The number of nitrogens with one attached hydrogen (secondary N) is 1. The fraction of sp³-hybridized carbons (Fsp3) is 0. The minimum atomic E-state index is -2.33. The Bertz CT molecular complexity index is 806. The van der Waals surface area contributed by atoms with Crippen molar-refractivity contribution in [3.8, 4) is 5.75 Å². The fourth-order valence-electron chi connectivity index (χ4n) is 1.78. The zero-order valence-corrected chi connectivity index (χ0v) is 11.0. The van der Waals surface area contributed by atoms with Crippen LogP contribution in [0.1, 0.15) is 20.7 Å². The van der Waals surface area contributed by atoms with Crippen molar-refractivity contribution in [2.45, 2.75) is 0 Å². The molecule has 0 bridgehead atoms. The molecule has 3 N–H and O–H groups in total. The van der Waals surface area contributed by atoms with Crippen LogP contribution in [-0.2, 0) is 0 Å². The Balaban J connectivity index is 2.55. The summed E-state index contributed by atoms with van der Waals surface area (Å²) in [5.74, 6) is -12.7. The molecule has 0 aliphatic rings. The van der Waals surface area contributed by atoms with E-state index in [1.807, 2.05) is 5.32 Å². The normalized spacial score (nSPS) is 10.4. The summed E-state index contributed by atoms with van der Waals surface area (Å²) < 4.78 is 53.6. The second-order valence-electron chi connectivity index (χ2n) is 4.31. The number of aromatic carboxylic acids is 1.